The van der Waals surface area contributed by atoms with Gasteiger partial charge in [-0.25, -0.2) is 0 Å². The Balaban J connectivity index is 2.81. The van der Waals surface area contributed by atoms with E-state index in [1.807, 2.05) is 0 Å². The number of hydrogen-bond donors (Lipinski definition) is 3. The van der Waals surface area contributed by atoms with Gasteiger partial charge in [0.2, 0.25) is 0 Å². The predicted molar refractivity (Wildman–Crippen MR) is 61.4 cm³/mol. The molecule has 0 radical (unpaired) electrons. The van der Waals surface area contributed by atoms with Gasteiger partial charge in [-0.1, -0.05) is 12.1 Å². The molecule has 0 aliphatic heterocycles. The molecular weight excluding hydrogens is 180 g/mol. The molecule has 0 saturated heterocycles. The van der Waals surface area contributed by atoms with Crippen molar-refractivity contribution in [2.75, 3.05) is 11.9 Å². The zero-order valence-electron chi connectivity index (χ0n) is 8.04. The van der Waals surface area contributed by atoms with Gasteiger partial charge in [-0.15, -0.1) is 0 Å². The smallest absolute Gasteiger partial charge is 0.0816 e. The molecule has 0 heterocycles. The average Bonchev–Trinajstić information content (AvgIpc) is 2.11. The molecule has 0 amide bonds. The minimum absolute atomic E-state index is 0.0282. The van der Waals surface area contributed by atoms with Crippen LogP contribution in [0.5, 0.6) is 0 Å². The van der Waals surface area contributed by atoms with Gasteiger partial charge >= 0.3 is 0 Å². The number of rotatable bonds is 3. The third kappa shape index (κ3) is 2.94. The summed E-state index contributed by atoms with van der Waals surface area (Å²) in [6.07, 6.45) is 0. The molecular formula is C10H16N2S. The molecule has 1 aromatic carbocycles. The standard InChI is InChI=1S/C10H16N2S/c1-7-3-4-8(2)9(5-7)12-10(13)6-11/h3-5,10,12-13H,6,11H2,1-2H3. The van der Waals surface area contributed by atoms with E-state index in [9.17, 15) is 0 Å². The van der Waals surface area contributed by atoms with Crippen molar-refractivity contribution < 1.29 is 0 Å². The van der Waals surface area contributed by atoms with E-state index in [1.165, 1.54) is 11.1 Å². The van der Waals surface area contributed by atoms with Crippen LogP contribution in [0.25, 0.3) is 0 Å². The average molecular weight is 196 g/mol. The highest BCUT2D eigenvalue weighted by Crippen LogP contribution is 2.17. The lowest BCUT2D eigenvalue weighted by atomic mass is 10.1. The number of benzene rings is 1. The summed E-state index contributed by atoms with van der Waals surface area (Å²) in [5, 5.41) is 3.27. The van der Waals surface area contributed by atoms with Crippen LogP contribution in [0.15, 0.2) is 18.2 Å². The van der Waals surface area contributed by atoms with Crippen LogP contribution in [0.3, 0.4) is 0 Å². The fourth-order valence-electron chi connectivity index (χ4n) is 1.13. The molecule has 0 saturated carbocycles. The molecule has 3 heteroatoms. The first-order valence-corrected chi connectivity index (χ1v) is 4.87. The Hall–Kier alpha value is -0.670. The van der Waals surface area contributed by atoms with E-state index in [0.717, 1.165) is 5.69 Å². The van der Waals surface area contributed by atoms with Gasteiger partial charge in [0.25, 0.3) is 0 Å². The molecule has 1 unspecified atom stereocenters. The van der Waals surface area contributed by atoms with Gasteiger partial charge in [-0.05, 0) is 31.0 Å². The summed E-state index contributed by atoms with van der Waals surface area (Å²) in [5.41, 5.74) is 9.05. The number of anilines is 1. The first kappa shape index (κ1) is 10.4. The Kier molecular flexibility index (Phi) is 3.63. The van der Waals surface area contributed by atoms with E-state index < -0.39 is 0 Å². The second-order valence-electron chi connectivity index (χ2n) is 3.21. The van der Waals surface area contributed by atoms with Crippen LogP contribution in [0.1, 0.15) is 11.1 Å². The van der Waals surface area contributed by atoms with E-state index in [-0.39, 0.29) is 5.37 Å². The van der Waals surface area contributed by atoms with E-state index in [0.29, 0.717) is 6.54 Å². The summed E-state index contributed by atoms with van der Waals surface area (Å²) in [5.74, 6) is 0. The van der Waals surface area contributed by atoms with Gasteiger partial charge in [0, 0.05) is 12.2 Å². The minimum Gasteiger partial charge on any atom is -0.372 e. The Bertz CT molecular complexity index is 286. The predicted octanol–water partition coefficient (Wildman–Crippen LogP) is 1.93. The first-order valence-electron chi connectivity index (χ1n) is 4.35. The van der Waals surface area contributed by atoms with Crippen molar-refractivity contribution in [3.63, 3.8) is 0 Å². The molecule has 0 aliphatic carbocycles. The lowest BCUT2D eigenvalue weighted by Gasteiger charge is -2.14. The fourth-order valence-corrected chi connectivity index (χ4v) is 1.27. The molecule has 72 valence electrons. The van der Waals surface area contributed by atoms with Crippen LogP contribution < -0.4 is 11.1 Å². The van der Waals surface area contributed by atoms with Crippen LogP contribution in [0, 0.1) is 13.8 Å². The van der Waals surface area contributed by atoms with E-state index >= 15 is 0 Å². The van der Waals surface area contributed by atoms with Crippen LogP contribution in [0.4, 0.5) is 5.69 Å². The van der Waals surface area contributed by atoms with Gasteiger partial charge in [0.05, 0.1) is 5.37 Å². The Morgan fingerprint density at radius 2 is 2.15 bits per heavy atom. The summed E-state index contributed by atoms with van der Waals surface area (Å²) in [7, 11) is 0. The van der Waals surface area contributed by atoms with Crippen molar-refractivity contribution in [3.05, 3.63) is 29.3 Å². The minimum atomic E-state index is 0.0282. The third-order valence-electron chi connectivity index (χ3n) is 1.94. The number of hydrogen-bond acceptors (Lipinski definition) is 3. The first-order chi connectivity index (χ1) is 6.13. The normalized spacial score (nSPS) is 12.6. The van der Waals surface area contributed by atoms with Crippen molar-refractivity contribution in [1.82, 2.24) is 0 Å². The lowest BCUT2D eigenvalue weighted by molar-refractivity contribution is 0.968. The highest BCUT2D eigenvalue weighted by Gasteiger charge is 2.02. The van der Waals surface area contributed by atoms with Gasteiger partial charge in [-0.3, -0.25) is 0 Å². The molecule has 3 N–H and O–H groups in total. The number of aryl methyl sites for hydroxylation is 2. The maximum atomic E-state index is 5.47. The topological polar surface area (TPSA) is 38.0 Å². The van der Waals surface area contributed by atoms with Crippen molar-refractivity contribution in [2.45, 2.75) is 19.2 Å². The largest absolute Gasteiger partial charge is 0.372 e. The summed E-state index contributed by atoms with van der Waals surface area (Å²) >= 11 is 4.29. The van der Waals surface area contributed by atoms with Gasteiger partial charge < -0.3 is 11.1 Å². The van der Waals surface area contributed by atoms with Crippen LogP contribution in [0.2, 0.25) is 0 Å². The molecule has 1 atom stereocenters. The molecule has 1 rings (SSSR count). The highest BCUT2D eigenvalue weighted by atomic mass is 32.1. The summed E-state index contributed by atoms with van der Waals surface area (Å²) < 4.78 is 0. The van der Waals surface area contributed by atoms with Crippen LogP contribution in [-0.4, -0.2) is 11.9 Å². The Morgan fingerprint density at radius 3 is 2.77 bits per heavy atom. The molecule has 1 aromatic rings. The summed E-state index contributed by atoms with van der Waals surface area (Å²) in [4.78, 5) is 0. The monoisotopic (exact) mass is 196 g/mol. The third-order valence-corrected chi connectivity index (χ3v) is 2.28. The second-order valence-corrected chi connectivity index (χ2v) is 3.84. The Labute approximate surface area is 84.9 Å². The maximum Gasteiger partial charge on any atom is 0.0816 e. The van der Waals surface area contributed by atoms with E-state index in [4.69, 9.17) is 5.73 Å². The molecule has 0 spiro atoms. The van der Waals surface area contributed by atoms with E-state index in [2.05, 4.69) is 50.0 Å². The molecule has 0 aromatic heterocycles. The summed E-state index contributed by atoms with van der Waals surface area (Å²) in [6, 6.07) is 6.29. The number of nitrogens with one attached hydrogen (secondary N) is 1. The molecule has 0 aliphatic rings. The SMILES string of the molecule is Cc1ccc(C)c(NC(S)CN)c1. The quantitative estimate of drug-likeness (QED) is 0.510. The van der Waals surface area contributed by atoms with Crippen LogP contribution in [-0.2, 0) is 0 Å². The van der Waals surface area contributed by atoms with Crippen LogP contribution >= 0.6 is 12.6 Å². The van der Waals surface area contributed by atoms with E-state index in [1.54, 1.807) is 0 Å². The van der Waals surface area contributed by atoms with Gasteiger partial charge in [0.15, 0.2) is 0 Å². The molecule has 2 nitrogen and oxygen atoms in total. The molecule has 13 heavy (non-hydrogen) atoms. The maximum absolute atomic E-state index is 5.47. The van der Waals surface area contributed by atoms with Crippen molar-refractivity contribution >= 4 is 18.3 Å². The lowest BCUT2D eigenvalue weighted by Crippen LogP contribution is -2.23. The van der Waals surface area contributed by atoms with Crippen molar-refractivity contribution in [3.8, 4) is 0 Å². The zero-order valence-corrected chi connectivity index (χ0v) is 8.94. The number of thiol groups is 1. The van der Waals surface area contributed by atoms with Crippen molar-refractivity contribution in [1.29, 1.82) is 0 Å². The second kappa shape index (κ2) is 4.53. The number of nitrogens with two attached hydrogens (primary N) is 1. The van der Waals surface area contributed by atoms with Gasteiger partial charge in [0.1, 0.15) is 0 Å². The fraction of sp³-hybridized carbons (Fsp3) is 0.400. The molecule has 0 bridgehead atoms. The summed E-state index contributed by atoms with van der Waals surface area (Å²) in [6.45, 7) is 4.66. The van der Waals surface area contributed by atoms with Crippen molar-refractivity contribution in [2.24, 2.45) is 5.73 Å². The highest BCUT2D eigenvalue weighted by molar-refractivity contribution is 7.81. The zero-order chi connectivity index (χ0) is 9.84. The Morgan fingerprint density at radius 1 is 1.46 bits per heavy atom. The van der Waals surface area contributed by atoms with Gasteiger partial charge in [-0.2, -0.15) is 12.6 Å². The molecule has 0 fully saturated rings.